The van der Waals surface area contributed by atoms with Crippen LogP contribution in [-0.2, 0) is 0 Å². The standard InChI is InChI=1S/C9H20N2O2/c1-3-4-5-10-9(13)11-6-8(2)7-12/h8,12H,3-7H2,1-2H3,(H2,10,11,13). The Morgan fingerprint density at radius 2 is 2.15 bits per heavy atom. The van der Waals surface area contributed by atoms with Gasteiger partial charge in [-0.2, -0.15) is 0 Å². The van der Waals surface area contributed by atoms with Crippen LogP contribution in [0.1, 0.15) is 26.7 Å². The number of unbranched alkanes of at least 4 members (excludes halogenated alkanes) is 1. The lowest BCUT2D eigenvalue weighted by molar-refractivity contribution is 0.222. The monoisotopic (exact) mass is 188 g/mol. The van der Waals surface area contributed by atoms with Crippen LogP contribution in [0.25, 0.3) is 0 Å². The van der Waals surface area contributed by atoms with Gasteiger partial charge in [0.05, 0.1) is 0 Å². The summed E-state index contributed by atoms with van der Waals surface area (Å²) < 4.78 is 0. The lowest BCUT2D eigenvalue weighted by Crippen LogP contribution is -2.38. The number of carbonyl (C=O) groups excluding carboxylic acids is 1. The molecule has 0 spiro atoms. The lowest BCUT2D eigenvalue weighted by atomic mass is 10.2. The fourth-order valence-corrected chi connectivity index (χ4v) is 0.773. The Bertz CT molecular complexity index is 140. The number of rotatable bonds is 6. The van der Waals surface area contributed by atoms with E-state index in [0.717, 1.165) is 19.4 Å². The number of aliphatic hydroxyl groups is 1. The fourth-order valence-electron chi connectivity index (χ4n) is 0.773. The summed E-state index contributed by atoms with van der Waals surface area (Å²) in [5, 5.41) is 14.1. The van der Waals surface area contributed by atoms with E-state index in [1.54, 1.807) is 0 Å². The van der Waals surface area contributed by atoms with Crippen molar-refractivity contribution in [2.75, 3.05) is 19.7 Å². The van der Waals surface area contributed by atoms with Crippen molar-refractivity contribution in [1.82, 2.24) is 10.6 Å². The molecule has 4 heteroatoms. The summed E-state index contributed by atoms with van der Waals surface area (Å²) in [5.74, 6) is 0.122. The van der Waals surface area contributed by atoms with Crippen LogP contribution in [-0.4, -0.2) is 30.8 Å². The molecule has 0 bridgehead atoms. The predicted molar refractivity (Wildman–Crippen MR) is 52.6 cm³/mol. The highest BCUT2D eigenvalue weighted by atomic mass is 16.3. The van der Waals surface area contributed by atoms with E-state index in [-0.39, 0.29) is 18.6 Å². The van der Waals surface area contributed by atoms with Gasteiger partial charge in [-0.3, -0.25) is 0 Å². The smallest absolute Gasteiger partial charge is 0.314 e. The summed E-state index contributed by atoms with van der Waals surface area (Å²) in [5.41, 5.74) is 0. The molecule has 0 aliphatic carbocycles. The third kappa shape index (κ3) is 7.59. The molecule has 0 saturated heterocycles. The van der Waals surface area contributed by atoms with E-state index in [2.05, 4.69) is 17.6 Å². The minimum atomic E-state index is -0.145. The van der Waals surface area contributed by atoms with Gasteiger partial charge in [-0.25, -0.2) is 4.79 Å². The van der Waals surface area contributed by atoms with E-state index in [0.29, 0.717) is 6.54 Å². The second kappa shape index (κ2) is 7.86. The van der Waals surface area contributed by atoms with Crippen LogP contribution in [0.2, 0.25) is 0 Å². The van der Waals surface area contributed by atoms with E-state index in [1.807, 2.05) is 6.92 Å². The number of aliphatic hydroxyl groups excluding tert-OH is 1. The molecule has 0 saturated carbocycles. The van der Waals surface area contributed by atoms with Gasteiger partial charge >= 0.3 is 6.03 Å². The maximum atomic E-state index is 11.0. The normalized spacial score (nSPS) is 12.2. The van der Waals surface area contributed by atoms with Gasteiger partial charge in [0.25, 0.3) is 0 Å². The van der Waals surface area contributed by atoms with Crippen LogP contribution in [0.4, 0.5) is 4.79 Å². The first-order chi connectivity index (χ1) is 6.20. The van der Waals surface area contributed by atoms with Crippen molar-refractivity contribution in [3.63, 3.8) is 0 Å². The van der Waals surface area contributed by atoms with Crippen LogP contribution in [0.15, 0.2) is 0 Å². The minimum absolute atomic E-state index is 0.106. The molecular formula is C9H20N2O2. The number of amides is 2. The topological polar surface area (TPSA) is 61.4 Å². The molecule has 0 fully saturated rings. The van der Waals surface area contributed by atoms with Crippen LogP contribution in [0, 0.1) is 5.92 Å². The Kier molecular flexibility index (Phi) is 7.39. The number of hydrogen-bond acceptors (Lipinski definition) is 2. The fraction of sp³-hybridized carbons (Fsp3) is 0.889. The van der Waals surface area contributed by atoms with Crippen LogP contribution in [0.3, 0.4) is 0 Å². The summed E-state index contributed by atoms with van der Waals surface area (Å²) in [7, 11) is 0. The van der Waals surface area contributed by atoms with Gasteiger partial charge in [0.1, 0.15) is 0 Å². The third-order valence-electron chi connectivity index (χ3n) is 1.74. The van der Waals surface area contributed by atoms with Gasteiger partial charge in [-0.05, 0) is 12.3 Å². The molecule has 4 nitrogen and oxygen atoms in total. The van der Waals surface area contributed by atoms with Crippen molar-refractivity contribution in [3.05, 3.63) is 0 Å². The molecule has 0 aliphatic heterocycles. The van der Waals surface area contributed by atoms with Crippen molar-refractivity contribution in [3.8, 4) is 0 Å². The number of urea groups is 1. The zero-order chi connectivity index (χ0) is 10.1. The molecule has 13 heavy (non-hydrogen) atoms. The summed E-state index contributed by atoms with van der Waals surface area (Å²) in [4.78, 5) is 11.0. The van der Waals surface area contributed by atoms with E-state index < -0.39 is 0 Å². The number of hydrogen-bond donors (Lipinski definition) is 3. The van der Waals surface area contributed by atoms with Crippen LogP contribution >= 0.6 is 0 Å². The van der Waals surface area contributed by atoms with Gasteiger partial charge in [0.15, 0.2) is 0 Å². The summed E-state index contributed by atoms with van der Waals surface area (Å²) in [6.45, 7) is 5.30. The van der Waals surface area contributed by atoms with Crippen molar-refractivity contribution < 1.29 is 9.90 Å². The van der Waals surface area contributed by atoms with Crippen molar-refractivity contribution >= 4 is 6.03 Å². The van der Waals surface area contributed by atoms with Gasteiger partial charge in [0.2, 0.25) is 0 Å². The Labute approximate surface area is 79.7 Å². The summed E-state index contributed by atoms with van der Waals surface area (Å²) in [6.07, 6.45) is 2.08. The molecule has 0 heterocycles. The second-order valence-corrected chi connectivity index (χ2v) is 3.28. The maximum absolute atomic E-state index is 11.0. The quantitative estimate of drug-likeness (QED) is 0.538. The Morgan fingerprint density at radius 3 is 2.69 bits per heavy atom. The molecule has 3 N–H and O–H groups in total. The van der Waals surface area contributed by atoms with Crippen molar-refractivity contribution in [2.24, 2.45) is 5.92 Å². The highest BCUT2D eigenvalue weighted by Gasteiger charge is 2.02. The predicted octanol–water partition coefficient (Wildman–Crippen LogP) is 0.714. The molecule has 1 unspecified atom stereocenters. The molecule has 0 aromatic rings. The van der Waals surface area contributed by atoms with Gasteiger partial charge in [-0.1, -0.05) is 20.3 Å². The molecule has 0 rings (SSSR count). The molecular weight excluding hydrogens is 168 g/mol. The minimum Gasteiger partial charge on any atom is -0.396 e. The average molecular weight is 188 g/mol. The molecule has 78 valence electrons. The van der Waals surface area contributed by atoms with Gasteiger partial charge in [0, 0.05) is 19.7 Å². The Hall–Kier alpha value is -0.770. The van der Waals surface area contributed by atoms with Crippen molar-refractivity contribution in [1.29, 1.82) is 0 Å². The second-order valence-electron chi connectivity index (χ2n) is 3.28. The Morgan fingerprint density at radius 1 is 1.46 bits per heavy atom. The summed E-state index contributed by atoms with van der Waals surface area (Å²) in [6, 6.07) is -0.145. The van der Waals surface area contributed by atoms with Gasteiger partial charge in [-0.15, -0.1) is 0 Å². The summed E-state index contributed by atoms with van der Waals surface area (Å²) >= 11 is 0. The van der Waals surface area contributed by atoms with E-state index >= 15 is 0 Å². The molecule has 2 amide bonds. The largest absolute Gasteiger partial charge is 0.396 e. The highest BCUT2D eigenvalue weighted by molar-refractivity contribution is 5.73. The van der Waals surface area contributed by atoms with E-state index in [4.69, 9.17) is 5.11 Å². The Balaban J connectivity index is 3.30. The van der Waals surface area contributed by atoms with Crippen molar-refractivity contribution in [2.45, 2.75) is 26.7 Å². The molecule has 0 radical (unpaired) electrons. The van der Waals surface area contributed by atoms with Crippen LogP contribution < -0.4 is 10.6 Å². The number of carbonyl (C=O) groups is 1. The van der Waals surface area contributed by atoms with Crippen LogP contribution in [0.5, 0.6) is 0 Å². The zero-order valence-electron chi connectivity index (χ0n) is 8.47. The zero-order valence-corrected chi connectivity index (χ0v) is 8.47. The molecule has 0 aromatic carbocycles. The third-order valence-corrected chi connectivity index (χ3v) is 1.74. The van der Waals surface area contributed by atoms with Gasteiger partial charge < -0.3 is 15.7 Å². The average Bonchev–Trinajstić information content (AvgIpc) is 2.14. The highest BCUT2D eigenvalue weighted by Crippen LogP contribution is 1.88. The first-order valence-corrected chi connectivity index (χ1v) is 4.83. The lowest BCUT2D eigenvalue weighted by Gasteiger charge is -2.10. The van der Waals surface area contributed by atoms with E-state index in [9.17, 15) is 4.79 Å². The SMILES string of the molecule is CCCCNC(=O)NCC(C)CO. The first-order valence-electron chi connectivity index (χ1n) is 4.83. The molecule has 1 atom stereocenters. The number of nitrogens with one attached hydrogen (secondary N) is 2. The maximum Gasteiger partial charge on any atom is 0.314 e. The molecule has 0 aliphatic rings. The first kappa shape index (κ1) is 12.2. The molecule has 0 aromatic heterocycles. The van der Waals surface area contributed by atoms with E-state index in [1.165, 1.54) is 0 Å².